The molecular weight excluding hydrogens is 1560 g/mol. The molecule has 0 fully saturated rings. The molecule has 0 unspecified atom stereocenters. The van der Waals surface area contributed by atoms with Gasteiger partial charge in [0.25, 0.3) is 0 Å². The van der Waals surface area contributed by atoms with Crippen molar-refractivity contribution in [2.24, 2.45) is 0 Å². The van der Waals surface area contributed by atoms with E-state index in [0.29, 0.717) is 111 Å². The number of fused-ring (bicyclic) bond motifs is 12. The van der Waals surface area contributed by atoms with Gasteiger partial charge in [-0.2, -0.15) is 10.5 Å². The Kier molecular flexibility index (Phi) is 18.5. The summed E-state index contributed by atoms with van der Waals surface area (Å²) in [6, 6.07) is 115. The standard InChI is InChI=1S/C112H64N6O8/c113-57-99-109(115-101-41-33-83(75-17-1-67(59-119)2-18-75)49-91(101)92-50-84(34-42-102(92)115)76-19-3-68(60-120)4-20-76)110(116-103-43-35-85(77-21-5-69(61-121)6-22-77)51-93(103)94-52-86(36-44-104(94)116)78-23-7-70(62-122)8-24-78)100(58-114)112(118-107-47-39-89(81-29-13-73(65-125)14-30-81)55-97(107)98-56-90(40-48-108(98)118)82-31-15-74(66-126)16-32-82)111(99)117-105-45-37-87(79-25-9-71(63-123)10-26-79)53-95(105)96-54-88(38-46-106(96)117)80-27-11-72(64-124)12-28-80/h1-56,59-66H. The Hall–Kier alpha value is -17.7. The van der Waals surface area contributed by atoms with Crippen molar-refractivity contribution in [2.75, 3.05) is 0 Å². The second kappa shape index (κ2) is 30.8. The number of benzene rings is 17. The minimum atomic E-state index is 0.128. The van der Waals surface area contributed by atoms with Gasteiger partial charge in [0.1, 0.15) is 73.6 Å². The van der Waals surface area contributed by atoms with Crippen LogP contribution in [0, 0.1) is 22.7 Å². The van der Waals surface area contributed by atoms with Gasteiger partial charge in [-0.15, -0.1) is 0 Å². The smallest absolute Gasteiger partial charge is 0.150 e. The second-order valence-electron chi connectivity index (χ2n) is 31.5. The average molecular weight is 1620 g/mol. The first kappa shape index (κ1) is 75.7. The summed E-state index contributed by atoms with van der Waals surface area (Å²) in [5.41, 5.74) is 23.9. The Morgan fingerprint density at radius 3 is 0.373 bits per heavy atom. The number of aldehydes is 8. The number of nitrogens with zero attached hydrogens (tertiary/aromatic N) is 6. The SMILES string of the molecule is N#Cc1c(-n2c3ccc(-c4ccc(C=O)cc4)cc3c3cc(-c4ccc(C=O)cc4)ccc32)c(-n2c3ccc(-c4ccc(C=O)cc4)cc3c3cc(-c4ccc(C=O)cc4)ccc32)c(C#N)c(-n2c3ccc(-c4ccc(C=O)cc4)cc3c3cc(-c4ccc(C=O)cc4)ccc32)c1-n1c2ccc(-c3ccc(C=O)cc3)cc2c2cc(-c3ccc(C=O)cc3)ccc21. The molecule has 0 saturated heterocycles. The van der Waals surface area contributed by atoms with Crippen molar-refractivity contribution in [3.63, 3.8) is 0 Å². The second-order valence-corrected chi connectivity index (χ2v) is 31.5. The van der Waals surface area contributed by atoms with Crippen LogP contribution in [0.25, 0.3) is 199 Å². The highest BCUT2D eigenvalue weighted by Crippen LogP contribution is 2.52. The van der Waals surface area contributed by atoms with Gasteiger partial charge in [-0.3, -0.25) is 38.4 Å². The van der Waals surface area contributed by atoms with Gasteiger partial charge in [-0.25, -0.2) is 0 Å². The maximum Gasteiger partial charge on any atom is 0.150 e. The highest BCUT2D eigenvalue weighted by molar-refractivity contribution is 6.19. The van der Waals surface area contributed by atoms with Crippen molar-refractivity contribution >= 4 is 138 Å². The molecule has 0 bridgehead atoms. The largest absolute Gasteiger partial charge is 0.306 e. The van der Waals surface area contributed by atoms with E-state index in [1.165, 1.54) is 0 Å². The fourth-order valence-corrected chi connectivity index (χ4v) is 18.3. The zero-order chi connectivity index (χ0) is 85.5. The molecule has 14 heteroatoms. The molecule has 0 amide bonds. The van der Waals surface area contributed by atoms with Crippen LogP contribution in [0.1, 0.15) is 94.0 Å². The lowest BCUT2D eigenvalue weighted by molar-refractivity contribution is 0.111. The first-order chi connectivity index (χ1) is 61.9. The quantitative estimate of drug-likeness (QED) is 0.0660. The number of hydrogen-bond acceptors (Lipinski definition) is 10. The molecule has 0 aliphatic rings. The normalized spacial score (nSPS) is 11.4. The van der Waals surface area contributed by atoms with Crippen molar-refractivity contribution < 1.29 is 38.4 Å². The van der Waals surface area contributed by atoms with Crippen molar-refractivity contribution in [2.45, 2.75) is 0 Å². The molecule has 0 aliphatic heterocycles. The highest BCUT2D eigenvalue weighted by Gasteiger charge is 2.36. The molecule has 4 aromatic heterocycles. The van der Waals surface area contributed by atoms with E-state index in [1.807, 2.05) is 194 Å². The van der Waals surface area contributed by atoms with E-state index in [0.717, 1.165) is 182 Å². The van der Waals surface area contributed by atoms with Crippen LogP contribution in [0.5, 0.6) is 0 Å². The van der Waals surface area contributed by atoms with E-state index in [9.17, 15) is 48.9 Å². The molecule has 21 rings (SSSR count). The van der Waals surface area contributed by atoms with Crippen LogP contribution in [0.2, 0.25) is 0 Å². The van der Waals surface area contributed by atoms with Crippen LogP contribution in [-0.2, 0) is 0 Å². The van der Waals surface area contributed by atoms with E-state index in [4.69, 9.17) is 0 Å². The molecule has 0 radical (unpaired) electrons. The van der Waals surface area contributed by atoms with Crippen molar-refractivity contribution in [3.05, 3.63) is 395 Å². The summed E-state index contributed by atoms with van der Waals surface area (Å²) in [6.45, 7) is 0. The summed E-state index contributed by atoms with van der Waals surface area (Å²) in [4.78, 5) is 98.2. The fourth-order valence-electron chi connectivity index (χ4n) is 18.3. The summed E-state index contributed by atoms with van der Waals surface area (Å²) >= 11 is 0. The molecule has 0 aliphatic carbocycles. The Bertz CT molecular complexity index is 6930. The zero-order valence-corrected chi connectivity index (χ0v) is 66.9. The van der Waals surface area contributed by atoms with Gasteiger partial charge in [0.2, 0.25) is 0 Å². The van der Waals surface area contributed by atoms with E-state index < -0.39 is 0 Å². The van der Waals surface area contributed by atoms with Gasteiger partial charge >= 0.3 is 0 Å². The lowest BCUT2D eigenvalue weighted by Crippen LogP contribution is -2.16. The lowest BCUT2D eigenvalue weighted by atomic mass is 9.98. The topological polar surface area (TPSA) is 204 Å². The van der Waals surface area contributed by atoms with Gasteiger partial charge in [0.15, 0.2) is 0 Å². The monoisotopic (exact) mass is 1620 g/mol. The van der Waals surface area contributed by atoms with Gasteiger partial charge < -0.3 is 18.3 Å². The molecule has 0 spiro atoms. The van der Waals surface area contributed by atoms with Crippen molar-refractivity contribution in [3.8, 4) is 124 Å². The molecule has 17 aromatic carbocycles. The Balaban J connectivity index is 0.989. The molecule has 126 heavy (non-hydrogen) atoms. The number of carbonyl (C=O) groups excluding carboxylic acids is 8. The summed E-state index contributed by atoms with van der Waals surface area (Å²) in [5.74, 6) is 0. The molecule has 0 saturated carbocycles. The third kappa shape index (κ3) is 12.6. The first-order valence-corrected chi connectivity index (χ1v) is 40.8. The Morgan fingerprint density at radius 1 is 0.159 bits per heavy atom. The Morgan fingerprint density at radius 2 is 0.270 bits per heavy atom. The summed E-state index contributed by atoms with van der Waals surface area (Å²) < 4.78 is 8.50. The highest BCUT2D eigenvalue weighted by atomic mass is 16.1. The van der Waals surface area contributed by atoms with E-state index in [2.05, 4.69) is 78.9 Å². The van der Waals surface area contributed by atoms with E-state index in [1.54, 1.807) is 97.1 Å². The minimum Gasteiger partial charge on any atom is -0.306 e. The number of hydrogen-bond donors (Lipinski definition) is 0. The van der Waals surface area contributed by atoms with Gasteiger partial charge in [-0.05, 0) is 186 Å². The predicted octanol–water partition coefficient (Wildman–Crippen LogP) is 25.7. The maximum absolute atomic E-state index is 13.8. The molecule has 4 heterocycles. The van der Waals surface area contributed by atoms with E-state index in [-0.39, 0.29) is 11.1 Å². The number of rotatable bonds is 20. The van der Waals surface area contributed by atoms with Crippen molar-refractivity contribution in [1.82, 2.24) is 18.3 Å². The number of aromatic nitrogens is 4. The molecule has 0 N–H and O–H groups in total. The minimum absolute atomic E-state index is 0.128. The summed E-state index contributed by atoms with van der Waals surface area (Å²) in [7, 11) is 0. The summed E-state index contributed by atoms with van der Waals surface area (Å²) in [5, 5.41) is 33.8. The molecular formula is C112H64N6O8. The third-order valence-corrected chi connectivity index (χ3v) is 24.6. The van der Waals surface area contributed by atoms with Crippen LogP contribution >= 0.6 is 0 Å². The molecule has 590 valence electrons. The van der Waals surface area contributed by atoms with Crippen LogP contribution in [0.4, 0.5) is 0 Å². The van der Waals surface area contributed by atoms with Gasteiger partial charge in [0, 0.05) is 87.6 Å². The van der Waals surface area contributed by atoms with Crippen LogP contribution < -0.4 is 0 Å². The van der Waals surface area contributed by atoms with E-state index >= 15 is 0 Å². The molecule has 0 atom stereocenters. The Labute approximate surface area is 719 Å². The molecule has 14 nitrogen and oxygen atoms in total. The average Bonchev–Trinajstić information content (AvgIpc) is 1.58. The number of carbonyl (C=O) groups is 8. The van der Waals surface area contributed by atoms with Crippen LogP contribution in [-0.4, -0.2) is 68.6 Å². The van der Waals surface area contributed by atoms with Gasteiger partial charge in [-0.1, -0.05) is 243 Å². The van der Waals surface area contributed by atoms with Crippen molar-refractivity contribution in [1.29, 1.82) is 10.5 Å². The predicted molar refractivity (Wildman–Crippen MR) is 500 cm³/mol. The third-order valence-electron chi connectivity index (χ3n) is 24.6. The summed E-state index contributed by atoms with van der Waals surface area (Å²) in [6.07, 6.45) is 6.49. The fraction of sp³-hybridized carbons (Fsp3) is 0. The van der Waals surface area contributed by atoms with Crippen LogP contribution in [0.3, 0.4) is 0 Å². The first-order valence-electron chi connectivity index (χ1n) is 40.8. The number of nitriles is 2. The zero-order valence-electron chi connectivity index (χ0n) is 66.9. The van der Waals surface area contributed by atoms with Crippen LogP contribution in [0.15, 0.2) is 340 Å². The lowest BCUT2D eigenvalue weighted by Gasteiger charge is -2.27. The maximum atomic E-state index is 13.8. The molecule has 21 aromatic rings. The van der Waals surface area contributed by atoms with Gasteiger partial charge in [0.05, 0.1) is 66.9 Å².